The number of hydrogen-bond donors (Lipinski definition) is 0. The first-order chi connectivity index (χ1) is 7.71. The zero-order chi connectivity index (χ0) is 13.1. The summed E-state index contributed by atoms with van der Waals surface area (Å²) in [5, 5.41) is 2.93. The van der Waals surface area contributed by atoms with Crippen LogP contribution in [-0.4, -0.2) is 10.3 Å². The van der Waals surface area contributed by atoms with E-state index >= 15 is 0 Å². The van der Waals surface area contributed by atoms with E-state index in [2.05, 4.69) is 70.9 Å². The van der Waals surface area contributed by atoms with Gasteiger partial charge in [0.15, 0.2) is 0 Å². The fraction of sp³-hybridized carbons (Fsp3) is 0.600. The number of thiophene rings is 1. The Morgan fingerprint density at radius 3 is 2.06 bits per heavy atom. The van der Waals surface area contributed by atoms with Gasteiger partial charge in [0, 0.05) is 31.7 Å². The van der Waals surface area contributed by atoms with E-state index in [-0.39, 0.29) is 28.3 Å². The van der Waals surface area contributed by atoms with Crippen molar-refractivity contribution in [3.63, 3.8) is 0 Å². The van der Waals surface area contributed by atoms with E-state index in [1.54, 1.807) is 0 Å². The predicted octanol–water partition coefficient (Wildman–Crippen LogP) is 5.88. The van der Waals surface area contributed by atoms with E-state index in [1.807, 2.05) is 11.3 Å². The molecule has 0 saturated heterocycles. The summed E-state index contributed by atoms with van der Waals surface area (Å²) >= 11 is 1.85. The van der Waals surface area contributed by atoms with Gasteiger partial charge in [-0.15, -0.1) is 11.3 Å². The Hall–Kier alpha value is 0.532. The molecule has 0 aliphatic rings. The third kappa shape index (κ3) is 6.12. The average Bonchev–Trinajstić information content (AvgIpc) is 2.60. The van der Waals surface area contributed by atoms with E-state index < -0.39 is 0 Å². The molecule has 0 nitrogen and oxygen atoms in total. The van der Waals surface area contributed by atoms with Crippen molar-refractivity contribution in [2.45, 2.75) is 58.3 Å². The van der Waals surface area contributed by atoms with Gasteiger partial charge in [-0.1, -0.05) is 67.4 Å². The van der Waals surface area contributed by atoms with E-state index in [0.717, 1.165) is 6.42 Å². The number of hydrogen-bond acceptors (Lipinski definition) is 1. The Balaban J connectivity index is 0.00000289. The maximum atomic E-state index is 2.48. The van der Waals surface area contributed by atoms with E-state index in [4.69, 9.17) is 0 Å². The van der Waals surface area contributed by atoms with Gasteiger partial charge in [-0.3, -0.25) is 0 Å². The largest absolute Gasteiger partial charge is 0.149 e. The van der Waals surface area contributed by atoms with E-state index in [9.17, 15) is 0 Å². The van der Waals surface area contributed by atoms with Crippen LogP contribution in [0.4, 0.5) is 0 Å². The Kier molecular flexibility index (Phi) is 7.57. The van der Waals surface area contributed by atoms with Crippen molar-refractivity contribution >= 4 is 19.3 Å². The first-order valence-corrected chi connectivity index (χ1v) is 8.49. The smallest absolute Gasteiger partial charge is 0.00830 e. The minimum Gasteiger partial charge on any atom is -0.149 e. The predicted molar refractivity (Wildman–Crippen MR) is 83.6 cm³/mol. The fourth-order valence-electron chi connectivity index (χ4n) is 2.16. The molecule has 0 aromatic carbocycles. The molecule has 1 rings (SSSR count). The van der Waals surface area contributed by atoms with Crippen LogP contribution in [0.3, 0.4) is 0 Å². The van der Waals surface area contributed by atoms with E-state index in [0.29, 0.717) is 10.3 Å². The molecule has 0 spiro atoms. The topological polar surface area (TPSA) is 0 Å². The molecular formula is C15H25PPdS. The number of allylic oxidation sites excluding steroid dienone is 1. The van der Waals surface area contributed by atoms with E-state index in [1.165, 1.54) is 4.88 Å². The quantitative estimate of drug-likeness (QED) is 0.457. The summed E-state index contributed by atoms with van der Waals surface area (Å²) in [5.74, 6) is 2.48. The summed E-state index contributed by atoms with van der Waals surface area (Å²) in [6, 6.07) is 4.34. The minimum absolute atomic E-state index is 0. The third-order valence-electron chi connectivity index (χ3n) is 2.60. The summed E-state index contributed by atoms with van der Waals surface area (Å²) in [5.41, 5.74) is 0. The second-order valence-corrected chi connectivity index (χ2v) is 11.1. The number of rotatable bonds is 3. The van der Waals surface area contributed by atoms with Crippen LogP contribution in [0, 0.1) is 0 Å². The van der Waals surface area contributed by atoms with Gasteiger partial charge >= 0.3 is 0 Å². The van der Waals surface area contributed by atoms with Gasteiger partial charge in [-0.25, -0.2) is 0 Å². The molecule has 0 radical (unpaired) electrons. The van der Waals surface area contributed by atoms with Gasteiger partial charge in [0.2, 0.25) is 0 Å². The van der Waals surface area contributed by atoms with Crippen molar-refractivity contribution in [2.24, 2.45) is 0 Å². The van der Waals surface area contributed by atoms with Crippen molar-refractivity contribution in [1.82, 2.24) is 0 Å². The average molecular weight is 375 g/mol. The molecule has 0 unspecified atom stereocenters. The van der Waals surface area contributed by atoms with Gasteiger partial charge in [0.1, 0.15) is 0 Å². The summed E-state index contributed by atoms with van der Waals surface area (Å²) < 4.78 is 0. The molecule has 1 aromatic heterocycles. The SMILES string of the molecule is CC(C)(C)P(C=CCc1cccs1)C(C)(C)C.[Pd]. The van der Waals surface area contributed by atoms with Gasteiger partial charge in [0.25, 0.3) is 0 Å². The molecule has 0 fully saturated rings. The van der Waals surface area contributed by atoms with Crippen LogP contribution in [-0.2, 0) is 26.8 Å². The van der Waals surface area contributed by atoms with Crippen LogP contribution in [0.25, 0.3) is 0 Å². The summed E-state index contributed by atoms with van der Waals surface area (Å²) in [4.78, 5) is 1.46. The first kappa shape index (κ1) is 18.5. The Morgan fingerprint density at radius 1 is 1.11 bits per heavy atom. The second kappa shape index (κ2) is 7.35. The van der Waals surface area contributed by atoms with Crippen LogP contribution in [0.1, 0.15) is 46.4 Å². The van der Waals surface area contributed by atoms with Gasteiger partial charge in [0.05, 0.1) is 0 Å². The molecule has 0 atom stereocenters. The molecule has 18 heavy (non-hydrogen) atoms. The molecular weight excluding hydrogens is 350 g/mol. The normalized spacial score (nSPS) is 13.1. The molecule has 0 bridgehead atoms. The van der Waals surface area contributed by atoms with Crippen LogP contribution in [0.15, 0.2) is 29.4 Å². The van der Waals surface area contributed by atoms with Crippen LogP contribution in [0.2, 0.25) is 0 Å². The molecule has 3 heteroatoms. The third-order valence-corrected chi connectivity index (χ3v) is 6.90. The van der Waals surface area contributed by atoms with Crippen LogP contribution >= 0.6 is 19.3 Å². The summed E-state index contributed by atoms with van der Waals surface area (Å²) in [6.07, 6.45) is 3.46. The molecule has 0 aliphatic heterocycles. The van der Waals surface area contributed by atoms with Gasteiger partial charge in [-0.05, 0) is 21.8 Å². The van der Waals surface area contributed by atoms with Gasteiger partial charge in [-0.2, -0.15) is 0 Å². The van der Waals surface area contributed by atoms with Crippen LogP contribution in [0.5, 0.6) is 0 Å². The maximum absolute atomic E-state index is 2.48. The van der Waals surface area contributed by atoms with Crippen molar-refractivity contribution < 1.29 is 20.4 Å². The Bertz CT molecular complexity index is 341. The second-order valence-electron chi connectivity index (χ2n) is 6.38. The molecule has 0 amide bonds. The zero-order valence-corrected chi connectivity index (χ0v) is 15.5. The molecule has 1 aromatic rings. The Labute approximate surface area is 132 Å². The van der Waals surface area contributed by atoms with Crippen molar-refractivity contribution in [3.8, 4) is 0 Å². The zero-order valence-electron chi connectivity index (χ0n) is 12.3. The van der Waals surface area contributed by atoms with Gasteiger partial charge < -0.3 is 0 Å². The van der Waals surface area contributed by atoms with Crippen molar-refractivity contribution in [1.29, 1.82) is 0 Å². The van der Waals surface area contributed by atoms with Crippen molar-refractivity contribution in [2.75, 3.05) is 0 Å². The monoisotopic (exact) mass is 374 g/mol. The van der Waals surface area contributed by atoms with Crippen molar-refractivity contribution in [3.05, 3.63) is 34.3 Å². The van der Waals surface area contributed by atoms with Crippen LogP contribution < -0.4 is 0 Å². The molecule has 0 saturated carbocycles. The minimum atomic E-state index is -0.100. The first-order valence-electron chi connectivity index (χ1n) is 6.20. The fourth-order valence-corrected chi connectivity index (χ4v) is 6.06. The molecule has 1 heterocycles. The standard InChI is InChI=1S/C15H25PS.Pd/c1-14(2,3)16(15(4,5)6)11-7-9-13-10-8-12-17-13;/h7-8,10-12H,9H2,1-6H3;. The molecule has 0 N–H and O–H groups in total. The maximum Gasteiger partial charge on any atom is 0.00830 e. The molecule has 0 aliphatic carbocycles. The Morgan fingerprint density at radius 2 is 1.67 bits per heavy atom. The summed E-state index contributed by atoms with van der Waals surface area (Å²) in [6.45, 7) is 14.2. The molecule has 106 valence electrons. The summed E-state index contributed by atoms with van der Waals surface area (Å²) in [7, 11) is -0.100.